The number of aryl methyl sites for hydroxylation is 2. The van der Waals surface area contributed by atoms with Gasteiger partial charge in [-0.25, -0.2) is 9.97 Å². The maximum absolute atomic E-state index is 12.9. The Hall–Kier alpha value is -2.77. The average molecular weight is 328 g/mol. The summed E-state index contributed by atoms with van der Waals surface area (Å²) in [5.41, 5.74) is 6.00. The predicted octanol–water partition coefficient (Wildman–Crippen LogP) is 0.769. The van der Waals surface area contributed by atoms with Gasteiger partial charge in [0.25, 0.3) is 11.8 Å². The highest BCUT2D eigenvalue weighted by atomic mass is 16.2. The highest BCUT2D eigenvalue weighted by molar-refractivity contribution is 5.93. The molecule has 1 fully saturated rings. The molecule has 0 aromatic carbocycles. The zero-order valence-electron chi connectivity index (χ0n) is 14.0. The van der Waals surface area contributed by atoms with Gasteiger partial charge in [0.05, 0.1) is 0 Å². The molecule has 1 atom stereocenters. The molecule has 2 N–H and O–H groups in total. The largest absolute Gasteiger partial charge is 0.364 e. The van der Waals surface area contributed by atoms with Crippen molar-refractivity contribution in [3.63, 3.8) is 0 Å². The number of nitrogens with zero attached hydrogens (tertiary/aromatic N) is 5. The molecule has 1 saturated heterocycles. The topological polar surface area (TPSA) is 107 Å². The Morgan fingerprint density at radius 1 is 1.33 bits per heavy atom. The molecule has 2 aromatic heterocycles. The molecule has 2 amide bonds. The van der Waals surface area contributed by atoms with Crippen LogP contribution in [0, 0.1) is 6.92 Å². The minimum atomic E-state index is -0.683. The van der Waals surface area contributed by atoms with Gasteiger partial charge in [-0.3, -0.25) is 14.3 Å². The number of carbonyl (C=O) groups is 2. The van der Waals surface area contributed by atoms with Crippen LogP contribution in [0.4, 0.5) is 0 Å². The van der Waals surface area contributed by atoms with Crippen molar-refractivity contribution in [3.05, 3.63) is 41.2 Å². The Kier molecular flexibility index (Phi) is 3.82. The zero-order chi connectivity index (χ0) is 17.5. The summed E-state index contributed by atoms with van der Waals surface area (Å²) < 4.78 is 1.55. The predicted molar refractivity (Wildman–Crippen MR) is 86.1 cm³/mol. The lowest BCUT2D eigenvalue weighted by Crippen LogP contribution is -2.45. The van der Waals surface area contributed by atoms with E-state index in [0.29, 0.717) is 23.8 Å². The molecular weight excluding hydrogens is 308 g/mol. The number of hydrogen-bond acceptors (Lipinski definition) is 5. The highest BCUT2D eigenvalue weighted by Crippen LogP contribution is 2.37. The molecule has 0 bridgehead atoms. The number of amides is 2. The van der Waals surface area contributed by atoms with Crippen molar-refractivity contribution in [1.29, 1.82) is 0 Å². The molecule has 0 aliphatic carbocycles. The van der Waals surface area contributed by atoms with Crippen LogP contribution in [0.5, 0.6) is 0 Å². The monoisotopic (exact) mass is 328 g/mol. The van der Waals surface area contributed by atoms with E-state index in [1.807, 2.05) is 6.92 Å². The Labute approximate surface area is 139 Å². The van der Waals surface area contributed by atoms with Crippen LogP contribution in [0.15, 0.2) is 18.3 Å². The summed E-state index contributed by atoms with van der Waals surface area (Å²) in [4.78, 5) is 35.0. The van der Waals surface area contributed by atoms with Crippen LogP contribution in [0.3, 0.4) is 0 Å². The molecule has 0 unspecified atom stereocenters. The quantitative estimate of drug-likeness (QED) is 0.895. The van der Waals surface area contributed by atoms with Crippen molar-refractivity contribution in [3.8, 4) is 0 Å². The molecule has 8 nitrogen and oxygen atoms in total. The number of aromatic nitrogens is 4. The molecule has 0 saturated carbocycles. The van der Waals surface area contributed by atoms with Gasteiger partial charge in [0.15, 0.2) is 5.82 Å². The van der Waals surface area contributed by atoms with Crippen LogP contribution in [0.1, 0.15) is 52.3 Å². The van der Waals surface area contributed by atoms with Gasteiger partial charge in [-0.2, -0.15) is 5.10 Å². The Bertz CT molecular complexity index is 815. The van der Waals surface area contributed by atoms with Gasteiger partial charge in [-0.05, 0) is 38.8 Å². The molecule has 2 aromatic rings. The second-order valence-electron chi connectivity index (χ2n) is 6.26. The van der Waals surface area contributed by atoms with E-state index in [1.54, 1.807) is 41.9 Å². The molecule has 3 heterocycles. The van der Waals surface area contributed by atoms with E-state index in [-0.39, 0.29) is 11.6 Å². The fraction of sp³-hybridized carbons (Fsp3) is 0.438. The smallest absolute Gasteiger partial charge is 0.272 e. The van der Waals surface area contributed by atoms with Gasteiger partial charge >= 0.3 is 0 Å². The van der Waals surface area contributed by atoms with E-state index < -0.39 is 11.4 Å². The van der Waals surface area contributed by atoms with E-state index in [4.69, 9.17) is 5.73 Å². The fourth-order valence-electron chi connectivity index (χ4n) is 3.18. The second kappa shape index (κ2) is 5.70. The molecule has 0 spiro atoms. The van der Waals surface area contributed by atoms with Crippen LogP contribution < -0.4 is 5.73 Å². The van der Waals surface area contributed by atoms with Gasteiger partial charge in [0, 0.05) is 25.5 Å². The maximum Gasteiger partial charge on any atom is 0.272 e. The normalized spacial score (nSPS) is 20.4. The lowest BCUT2D eigenvalue weighted by atomic mass is 9.97. The first-order valence-corrected chi connectivity index (χ1v) is 7.79. The van der Waals surface area contributed by atoms with Crippen molar-refractivity contribution < 1.29 is 9.59 Å². The molecule has 3 rings (SSSR count). The van der Waals surface area contributed by atoms with Crippen molar-refractivity contribution in [2.45, 2.75) is 32.2 Å². The Morgan fingerprint density at radius 2 is 2.08 bits per heavy atom. The van der Waals surface area contributed by atoms with Gasteiger partial charge < -0.3 is 10.6 Å². The molecule has 24 heavy (non-hydrogen) atoms. The van der Waals surface area contributed by atoms with Crippen LogP contribution in [0.2, 0.25) is 0 Å². The van der Waals surface area contributed by atoms with Gasteiger partial charge in [0.2, 0.25) is 0 Å². The number of carbonyl (C=O) groups excluding carboxylic acids is 2. The lowest BCUT2D eigenvalue weighted by Gasteiger charge is -2.34. The summed E-state index contributed by atoms with van der Waals surface area (Å²) in [6.07, 6.45) is 3.15. The first kappa shape index (κ1) is 16.1. The van der Waals surface area contributed by atoms with Gasteiger partial charge in [-0.15, -0.1) is 0 Å². The third kappa shape index (κ3) is 2.53. The van der Waals surface area contributed by atoms with Crippen LogP contribution in [0.25, 0.3) is 0 Å². The summed E-state index contributed by atoms with van der Waals surface area (Å²) >= 11 is 0. The molecular formula is C16H20N6O2. The van der Waals surface area contributed by atoms with Crippen molar-refractivity contribution in [2.24, 2.45) is 12.8 Å². The SMILES string of the molecule is Cc1cc(C(N)=O)nc([C@@]2(C)CCCN2C(=O)c2ccnn2C)n1. The van der Waals surface area contributed by atoms with Crippen molar-refractivity contribution in [1.82, 2.24) is 24.6 Å². The number of likely N-dealkylation sites (tertiary alicyclic amines) is 1. The van der Waals surface area contributed by atoms with E-state index in [2.05, 4.69) is 15.1 Å². The van der Waals surface area contributed by atoms with E-state index in [0.717, 1.165) is 12.8 Å². The average Bonchev–Trinajstić information content (AvgIpc) is 3.13. The highest BCUT2D eigenvalue weighted by Gasteiger charge is 2.44. The molecule has 1 aliphatic rings. The lowest BCUT2D eigenvalue weighted by molar-refractivity contribution is 0.0592. The molecule has 0 radical (unpaired) electrons. The standard InChI is InChI=1S/C16H20N6O2/c1-10-9-11(13(17)23)20-15(19-10)16(2)6-4-8-22(16)14(24)12-5-7-18-21(12)3/h5,7,9H,4,6,8H2,1-3H3,(H2,17,23)/t16-/m1/s1. The van der Waals surface area contributed by atoms with Crippen LogP contribution in [-0.2, 0) is 12.6 Å². The second-order valence-corrected chi connectivity index (χ2v) is 6.26. The Balaban J connectivity index is 2.04. The van der Waals surface area contributed by atoms with Crippen LogP contribution >= 0.6 is 0 Å². The summed E-state index contributed by atoms with van der Waals surface area (Å²) in [6, 6.07) is 3.24. The van der Waals surface area contributed by atoms with Gasteiger partial charge in [0.1, 0.15) is 16.9 Å². The third-order valence-corrected chi connectivity index (χ3v) is 4.51. The minimum Gasteiger partial charge on any atom is -0.364 e. The minimum absolute atomic E-state index is 0.124. The van der Waals surface area contributed by atoms with Crippen LogP contribution in [-0.4, -0.2) is 43.0 Å². The molecule has 126 valence electrons. The van der Waals surface area contributed by atoms with E-state index in [1.165, 1.54) is 0 Å². The van der Waals surface area contributed by atoms with E-state index in [9.17, 15) is 9.59 Å². The number of hydrogen-bond donors (Lipinski definition) is 1. The van der Waals surface area contributed by atoms with Crippen molar-refractivity contribution in [2.75, 3.05) is 6.54 Å². The van der Waals surface area contributed by atoms with Crippen molar-refractivity contribution >= 4 is 11.8 Å². The number of rotatable bonds is 3. The zero-order valence-corrected chi connectivity index (χ0v) is 14.0. The first-order valence-electron chi connectivity index (χ1n) is 7.79. The molecule has 1 aliphatic heterocycles. The number of nitrogens with two attached hydrogens (primary N) is 1. The van der Waals surface area contributed by atoms with Gasteiger partial charge in [-0.1, -0.05) is 0 Å². The molecule has 8 heteroatoms. The summed E-state index contributed by atoms with van der Waals surface area (Å²) in [7, 11) is 1.73. The summed E-state index contributed by atoms with van der Waals surface area (Å²) in [5.74, 6) is -0.280. The fourth-order valence-corrected chi connectivity index (χ4v) is 3.18. The maximum atomic E-state index is 12.9. The first-order chi connectivity index (χ1) is 11.3. The third-order valence-electron chi connectivity index (χ3n) is 4.51. The summed E-state index contributed by atoms with van der Waals surface area (Å²) in [6.45, 7) is 4.31. The summed E-state index contributed by atoms with van der Waals surface area (Å²) in [5, 5.41) is 4.06. The Morgan fingerprint density at radius 3 is 2.71 bits per heavy atom. The number of primary amides is 1. The van der Waals surface area contributed by atoms with E-state index >= 15 is 0 Å².